The van der Waals surface area contributed by atoms with E-state index in [4.69, 9.17) is 10.5 Å². The van der Waals surface area contributed by atoms with Gasteiger partial charge in [-0.3, -0.25) is 4.90 Å². The van der Waals surface area contributed by atoms with Crippen molar-refractivity contribution in [1.29, 1.82) is 0 Å². The molecule has 0 amide bonds. The minimum Gasteiger partial charge on any atom is -0.382 e. The molecule has 1 aliphatic rings. The monoisotopic (exact) mass is 375 g/mol. The number of aromatic nitrogens is 5. The maximum atomic E-state index is 13.9. The molecule has 0 saturated carbocycles. The van der Waals surface area contributed by atoms with Crippen molar-refractivity contribution in [2.45, 2.75) is 26.1 Å². The second kappa shape index (κ2) is 7.12. The van der Waals surface area contributed by atoms with Crippen molar-refractivity contribution in [2.75, 3.05) is 25.4 Å². The van der Waals surface area contributed by atoms with E-state index in [2.05, 4.69) is 25.2 Å². The van der Waals surface area contributed by atoms with Gasteiger partial charge in [0.25, 0.3) is 0 Å². The lowest BCUT2D eigenvalue weighted by atomic mass is 10.1. The number of nitrogens with two attached hydrogens (primary N) is 1. The summed E-state index contributed by atoms with van der Waals surface area (Å²) in [6, 6.07) is 3.65. The van der Waals surface area contributed by atoms with Crippen molar-refractivity contribution in [3.05, 3.63) is 41.2 Å². The Bertz CT molecular complexity index is 977. The zero-order valence-electron chi connectivity index (χ0n) is 14.8. The molecule has 8 nitrogen and oxygen atoms in total. The molecule has 3 heterocycles. The molecular formula is C17H19F2N7O. The van der Waals surface area contributed by atoms with Crippen LogP contribution in [-0.2, 0) is 17.8 Å². The summed E-state index contributed by atoms with van der Waals surface area (Å²) in [6.07, 6.45) is -0.163. The van der Waals surface area contributed by atoms with Gasteiger partial charge < -0.3 is 10.5 Å². The number of anilines is 1. The normalized spacial score (nSPS) is 18.3. The molecule has 1 unspecified atom stereocenters. The van der Waals surface area contributed by atoms with Gasteiger partial charge in [0.15, 0.2) is 17.0 Å². The Balaban J connectivity index is 1.47. The van der Waals surface area contributed by atoms with Gasteiger partial charge in [0.1, 0.15) is 17.5 Å². The lowest BCUT2D eigenvalue weighted by molar-refractivity contribution is -0.0402. The van der Waals surface area contributed by atoms with Crippen LogP contribution in [0.15, 0.2) is 18.2 Å². The van der Waals surface area contributed by atoms with Crippen molar-refractivity contribution in [1.82, 2.24) is 29.9 Å². The molecular weight excluding hydrogens is 356 g/mol. The first-order valence-electron chi connectivity index (χ1n) is 8.61. The average molecular weight is 375 g/mol. The Morgan fingerprint density at radius 2 is 2.15 bits per heavy atom. The molecule has 1 aromatic carbocycles. The topological polar surface area (TPSA) is 95.0 Å². The van der Waals surface area contributed by atoms with E-state index in [1.165, 1.54) is 12.1 Å². The fourth-order valence-corrected chi connectivity index (χ4v) is 3.23. The van der Waals surface area contributed by atoms with Crippen LogP contribution in [0, 0.1) is 18.6 Å². The first-order chi connectivity index (χ1) is 13.0. The SMILES string of the molecule is Cc1nc(N)c2nnn(CC3CN(Cc4ccc(F)cc4F)CCO3)c2n1. The molecule has 2 N–H and O–H groups in total. The molecule has 142 valence electrons. The van der Waals surface area contributed by atoms with Gasteiger partial charge in [0.2, 0.25) is 0 Å². The molecule has 0 spiro atoms. The van der Waals surface area contributed by atoms with Crippen LogP contribution in [0.4, 0.5) is 14.6 Å². The third-order valence-corrected chi connectivity index (χ3v) is 4.51. The van der Waals surface area contributed by atoms with Crippen molar-refractivity contribution >= 4 is 17.0 Å². The zero-order chi connectivity index (χ0) is 19.0. The number of benzene rings is 1. The molecule has 1 atom stereocenters. The van der Waals surface area contributed by atoms with Gasteiger partial charge in [-0.2, -0.15) is 0 Å². The number of fused-ring (bicyclic) bond motifs is 1. The highest BCUT2D eigenvalue weighted by Crippen LogP contribution is 2.18. The van der Waals surface area contributed by atoms with E-state index in [0.29, 0.717) is 61.2 Å². The minimum absolute atomic E-state index is 0.163. The van der Waals surface area contributed by atoms with E-state index in [0.717, 1.165) is 6.07 Å². The number of ether oxygens (including phenoxy) is 1. The van der Waals surface area contributed by atoms with Crippen LogP contribution < -0.4 is 5.73 Å². The van der Waals surface area contributed by atoms with Gasteiger partial charge in [-0.15, -0.1) is 5.10 Å². The Morgan fingerprint density at radius 3 is 2.96 bits per heavy atom. The van der Waals surface area contributed by atoms with Gasteiger partial charge in [-0.1, -0.05) is 11.3 Å². The van der Waals surface area contributed by atoms with Crippen molar-refractivity contribution < 1.29 is 13.5 Å². The number of halogens is 2. The van der Waals surface area contributed by atoms with Crippen LogP contribution in [-0.4, -0.2) is 55.7 Å². The lowest BCUT2D eigenvalue weighted by Gasteiger charge is -2.32. The maximum absolute atomic E-state index is 13.9. The minimum atomic E-state index is -0.578. The summed E-state index contributed by atoms with van der Waals surface area (Å²) in [5, 5.41) is 8.15. The second-order valence-electron chi connectivity index (χ2n) is 6.56. The summed E-state index contributed by atoms with van der Waals surface area (Å²) in [7, 11) is 0. The molecule has 3 aromatic rings. The Labute approximate surface area is 153 Å². The largest absolute Gasteiger partial charge is 0.382 e. The summed E-state index contributed by atoms with van der Waals surface area (Å²) >= 11 is 0. The summed E-state index contributed by atoms with van der Waals surface area (Å²) < 4.78 is 34.5. The van der Waals surface area contributed by atoms with Gasteiger partial charge in [-0.05, 0) is 13.0 Å². The van der Waals surface area contributed by atoms with E-state index in [1.807, 2.05) is 0 Å². The van der Waals surface area contributed by atoms with Crippen molar-refractivity contribution in [3.63, 3.8) is 0 Å². The number of hydrogen-bond donors (Lipinski definition) is 1. The fourth-order valence-electron chi connectivity index (χ4n) is 3.23. The zero-order valence-corrected chi connectivity index (χ0v) is 14.8. The molecule has 1 fully saturated rings. The van der Waals surface area contributed by atoms with Crippen LogP contribution in [0.2, 0.25) is 0 Å². The van der Waals surface area contributed by atoms with E-state index >= 15 is 0 Å². The van der Waals surface area contributed by atoms with E-state index in [-0.39, 0.29) is 6.10 Å². The number of nitrogens with zero attached hydrogens (tertiary/aromatic N) is 6. The quantitative estimate of drug-likeness (QED) is 0.734. The summed E-state index contributed by atoms with van der Waals surface area (Å²) in [4.78, 5) is 10.5. The van der Waals surface area contributed by atoms with Gasteiger partial charge in [-0.25, -0.2) is 23.4 Å². The predicted octanol–water partition coefficient (Wildman–Crippen LogP) is 1.29. The summed E-state index contributed by atoms with van der Waals surface area (Å²) in [5.41, 5.74) is 7.35. The highest BCUT2D eigenvalue weighted by atomic mass is 19.1. The first kappa shape index (κ1) is 17.7. The molecule has 1 aliphatic heterocycles. The van der Waals surface area contributed by atoms with Crippen LogP contribution in [0.1, 0.15) is 11.4 Å². The van der Waals surface area contributed by atoms with Crippen molar-refractivity contribution in [3.8, 4) is 0 Å². The number of morpholine rings is 1. The molecule has 10 heteroatoms. The van der Waals surface area contributed by atoms with Crippen LogP contribution >= 0.6 is 0 Å². The van der Waals surface area contributed by atoms with Crippen molar-refractivity contribution in [2.24, 2.45) is 0 Å². The molecule has 4 rings (SSSR count). The number of aryl methyl sites for hydroxylation is 1. The summed E-state index contributed by atoms with van der Waals surface area (Å²) in [6.45, 7) is 4.34. The number of nitrogen functional groups attached to an aromatic ring is 1. The predicted molar refractivity (Wildman–Crippen MR) is 93.6 cm³/mol. The number of hydrogen-bond acceptors (Lipinski definition) is 7. The van der Waals surface area contributed by atoms with Crippen LogP contribution in [0.5, 0.6) is 0 Å². The smallest absolute Gasteiger partial charge is 0.184 e. The second-order valence-corrected chi connectivity index (χ2v) is 6.56. The molecule has 1 saturated heterocycles. The Hall–Kier alpha value is -2.72. The van der Waals surface area contributed by atoms with Crippen LogP contribution in [0.25, 0.3) is 11.2 Å². The van der Waals surface area contributed by atoms with Gasteiger partial charge >= 0.3 is 0 Å². The summed E-state index contributed by atoms with van der Waals surface area (Å²) in [5.74, 6) is -0.281. The van der Waals surface area contributed by atoms with Gasteiger partial charge in [0, 0.05) is 31.3 Å². The Morgan fingerprint density at radius 1 is 1.30 bits per heavy atom. The van der Waals surface area contributed by atoms with Gasteiger partial charge in [0.05, 0.1) is 19.3 Å². The lowest BCUT2D eigenvalue weighted by Crippen LogP contribution is -2.44. The van der Waals surface area contributed by atoms with Crippen LogP contribution in [0.3, 0.4) is 0 Å². The van der Waals surface area contributed by atoms with E-state index in [9.17, 15) is 8.78 Å². The highest BCUT2D eigenvalue weighted by Gasteiger charge is 2.23. The standard InChI is InChI=1S/C17H19F2N7O/c1-10-21-16(20)15-17(22-10)26(24-23-15)9-13-8-25(4-5-27-13)7-11-2-3-12(18)6-14(11)19/h2-3,6,13H,4-5,7-9H2,1H3,(H2,20,21,22). The maximum Gasteiger partial charge on any atom is 0.184 e. The fraction of sp³-hybridized carbons (Fsp3) is 0.412. The molecule has 0 radical (unpaired) electrons. The molecule has 0 bridgehead atoms. The molecule has 2 aromatic heterocycles. The first-order valence-corrected chi connectivity index (χ1v) is 8.61. The average Bonchev–Trinajstić information content (AvgIpc) is 3.01. The molecule has 0 aliphatic carbocycles. The Kier molecular flexibility index (Phi) is 4.66. The third-order valence-electron chi connectivity index (χ3n) is 4.51. The third kappa shape index (κ3) is 3.71. The number of rotatable bonds is 4. The van der Waals surface area contributed by atoms with E-state index in [1.54, 1.807) is 11.6 Å². The van der Waals surface area contributed by atoms with E-state index < -0.39 is 11.6 Å². The highest BCUT2D eigenvalue weighted by molar-refractivity contribution is 5.80. The molecule has 27 heavy (non-hydrogen) atoms.